The van der Waals surface area contributed by atoms with Gasteiger partial charge >= 0.3 is 5.97 Å². The summed E-state index contributed by atoms with van der Waals surface area (Å²) in [7, 11) is 2.99. The third kappa shape index (κ3) is 2.37. The van der Waals surface area contributed by atoms with Gasteiger partial charge in [0, 0.05) is 24.4 Å². The molecule has 0 N–H and O–H groups in total. The van der Waals surface area contributed by atoms with Crippen molar-refractivity contribution in [3.05, 3.63) is 35.6 Å². The van der Waals surface area contributed by atoms with Crippen LogP contribution in [0.4, 0.5) is 5.69 Å². The van der Waals surface area contributed by atoms with Crippen molar-refractivity contribution in [3.8, 4) is 5.75 Å². The average molecular weight is 396 g/mol. The van der Waals surface area contributed by atoms with E-state index in [1.807, 2.05) is 12.1 Å². The van der Waals surface area contributed by atoms with Gasteiger partial charge in [0.1, 0.15) is 23.5 Å². The molecule has 0 aromatic heterocycles. The molecule has 4 aliphatic heterocycles. The highest BCUT2D eigenvalue weighted by atomic mass is 16.5. The topological polar surface area (TPSA) is 77.4 Å². The molecule has 7 nitrogen and oxygen atoms in total. The Labute approximate surface area is 169 Å². The fourth-order valence-electron chi connectivity index (χ4n) is 5.76. The summed E-state index contributed by atoms with van der Waals surface area (Å²) in [5, 5.41) is 0. The molecule has 4 atom stereocenters. The van der Waals surface area contributed by atoms with E-state index in [2.05, 4.69) is 11.0 Å². The van der Waals surface area contributed by atoms with Crippen molar-refractivity contribution in [2.75, 3.05) is 27.3 Å². The molecule has 4 heterocycles. The van der Waals surface area contributed by atoms with Crippen molar-refractivity contribution < 1.29 is 23.8 Å². The van der Waals surface area contributed by atoms with Crippen LogP contribution in [0.15, 0.2) is 35.0 Å². The summed E-state index contributed by atoms with van der Waals surface area (Å²) in [6.07, 6.45) is 3.01. The number of esters is 1. The van der Waals surface area contributed by atoms with Gasteiger partial charge in [0.25, 0.3) is 0 Å². The number of carbonyl (C=O) groups excluding carboxylic acids is 2. The summed E-state index contributed by atoms with van der Waals surface area (Å²) in [6, 6.07) is 6.08. The first-order chi connectivity index (χ1) is 14.0. The van der Waals surface area contributed by atoms with Crippen LogP contribution in [0, 0.1) is 11.8 Å². The SMILES string of the molecule is COC(=O)/C1=C/OC2=Nc3c(OC)cccc3[C@@]23CCN2C[C@@H](C(C)=O)[C@@H]1CC23. The van der Waals surface area contributed by atoms with Gasteiger partial charge in [-0.15, -0.1) is 0 Å². The van der Waals surface area contributed by atoms with E-state index in [1.165, 1.54) is 13.4 Å². The van der Waals surface area contributed by atoms with E-state index in [-0.39, 0.29) is 29.1 Å². The lowest BCUT2D eigenvalue weighted by Gasteiger charge is -2.46. The number of ether oxygens (including phenoxy) is 3. The molecule has 0 amide bonds. The number of aliphatic imine (C=N–C) groups is 1. The van der Waals surface area contributed by atoms with Gasteiger partial charge in [-0.25, -0.2) is 9.79 Å². The van der Waals surface area contributed by atoms with Crippen molar-refractivity contribution in [2.24, 2.45) is 16.8 Å². The lowest BCUT2D eigenvalue weighted by atomic mass is 9.66. The number of ketones is 1. The zero-order valence-electron chi connectivity index (χ0n) is 16.8. The van der Waals surface area contributed by atoms with E-state index in [9.17, 15) is 9.59 Å². The maximum Gasteiger partial charge on any atom is 0.337 e. The molecule has 2 fully saturated rings. The molecule has 2 saturated heterocycles. The molecule has 5 rings (SSSR count). The van der Waals surface area contributed by atoms with Gasteiger partial charge in [0.15, 0.2) is 0 Å². The third-order valence-electron chi connectivity index (χ3n) is 7.13. The Morgan fingerprint density at radius 2 is 2.14 bits per heavy atom. The fraction of sp³-hybridized carbons (Fsp3) is 0.500. The minimum absolute atomic E-state index is 0.0900. The molecule has 152 valence electrons. The third-order valence-corrected chi connectivity index (χ3v) is 7.13. The lowest BCUT2D eigenvalue weighted by molar-refractivity contribution is -0.138. The number of fused-ring (bicyclic) bond motifs is 2. The average Bonchev–Trinajstić information content (AvgIpc) is 3.24. The maximum atomic E-state index is 12.5. The summed E-state index contributed by atoms with van der Waals surface area (Å²) < 4.78 is 16.7. The van der Waals surface area contributed by atoms with Crippen LogP contribution in [0.3, 0.4) is 0 Å². The molecule has 1 spiro atoms. The molecule has 0 aliphatic carbocycles. The number of piperidine rings is 1. The molecule has 7 heteroatoms. The quantitative estimate of drug-likeness (QED) is 0.730. The first kappa shape index (κ1) is 18.4. The standard InChI is InChI=1S/C22H24N2O5/c1-12(25)14-10-24-8-7-22-16-5-4-6-17(27-2)19(16)23-21(22)29-11-15(20(26)28-3)13(14)9-18(22)24/h4-6,11,13-14,18H,7-10H2,1-3H3/b15-11+/t13-,14-,18?,22+/m0/s1. The van der Waals surface area contributed by atoms with Gasteiger partial charge in [0.2, 0.25) is 5.90 Å². The van der Waals surface area contributed by atoms with E-state index in [4.69, 9.17) is 19.2 Å². The van der Waals surface area contributed by atoms with Crippen LogP contribution in [-0.4, -0.2) is 55.9 Å². The number of rotatable bonds is 3. The van der Waals surface area contributed by atoms with Crippen LogP contribution in [0.5, 0.6) is 5.75 Å². The summed E-state index contributed by atoms with van der Waals surface area (Å²) >= 11 is 0. The summed E-state index contributed by atoms with van der Waals surface area (Å²) in [4.78, 5) is 32.2. The second-order valence-electron chi connectivity index (χ2n) is 8.25. The highest BCUT2D eigenvalue weighted by molar-refractivity contribution is 6.00. The number of hydrogen-bond acceptors (Lipinski definition) is 7. The summed E-state index contributed by atoms with van der Waals surface area (Å²) in [5.41, 5.74) is 1.93. The highest BCUT2D eigenvalue weighted by Gasteiger charge is 2.61. The molecule has 29 heavy (non-hydrogen) atoms. The van der Waals surface area contributed by atoms with E-state index < -0.39 is 5.97 Å². The maximum absolute atomic E-state index is 12.5. The lowest BCUT2D eigenvalue weighted by Crippen LogP contribution is -2.55. The Bertz CT molecular complexity index is 968. The predicted molar refractivity (Wildman–Crippen MR) is 105 cm³/mol. The van der Waals surface area contributed by atoms with Crippen LogP contribution in [0.25, 0.3) is 0 Å². The number of Topliss-reactive ketones (excluding diaryl/α,β-unsaturated/α-hetero) is 1. The largest absolute Gasteiger partial charge is 0.494 e. The highest BCUT2D eigenvalue weighted by Crippen LogP contribution is 2.57. The summed E-state index contributed by atoms with van der Waals surface area (Å²) in [5.74, 6) is 0.475. The zero-order chi connectivity index (χ0) is 20.3. The van der Waals surface area contributed by atoms with Crippen molar-refractivity contribution in [2.45, 2.75) is 31.2 Å². The Morgan fingerprint density at radius 3 is 2.86 bits per heavy atom. The van der Waals surface area contributed by atoms with Crippen molar-refractivity contribution in [1.29, 1.82) is 0 Å². The van der Waals surface area contributed by atoms with Crippen LogP contribution in [0.2, 0.25) is 0 Å². The van der Waals surface area contributed by atoms with Crippen molar-refractivity contribution in [1.82, 2.24) is 4.90 Å². The number of benzene rings is 1. The molecular weight excluding hydrogens is 372 g/mol. The van der Waals surface area contributed by atoms with Crippen LogP contribution < -0.4 is 4.74 Å². The van der Waals surface area contributed by atoms with Crippen LogP contribution in [0.1, 0.15) is 25.3 Å². The summed E-state index contributed by atoms with van der Waals surface area (Å²) in [6.45, 7) is 3.09. The van der Waals surface area contributed by atoms with Gasteiger partial charge in [0.05, 0.1) is 25.2 Å². The monoisotopic (exact) mass is 396 g/mol. The molecule has 1 aromatic rings. The Morgan fingerprint density at radius 1 is 1.31 bits per heavy atom. The number of carbonyl (C=O) groups is 2. The van der Waals surface area contributed by atoms with E-state index >= 15 is 0 Å². The first-order valence-corrected chi connectivity index (χ1v) is 9.97. The normalized spacial score (nSPS) is 33.8. The predicted octanol–water partition coefficient (Wildman–Crippen LogP) is 2.36. The van der Waals surface area contributed by atoms with E-state index in [1.54, 1.807) is 14.0 Å². The number of nitrogens with zero attached hydrogens (tertiary/aromatic N) is 2. The van der Waals surface area contributed by atoms with Gasteiger partial charge < -0.3 is 14.2 Å². The van der Waals surface area contributed by atoms with Gasteiger partial charge in [-0.05, 0) is 37.9 Å². The molecule has 1 aromatic carbocycles. The number of methoxy groups -OCH3 is 2. The smallest absolute Gasteiger partial charge is 0.337 e. The second-order valence-corrected chi connectivity index (χ2v) is 8.25. The first-order valence-electron chi connectivity index (χ1n) is 9.97. The Hall–Kier alpha value is -2.67. The van der Waals surface area contributed by atoms with E-state index in [0.717, 1.165) is 24.2 Å². The van der Waals surface area contributed by atoms with Gasteiger partial charge in [-0.3, -0.25) is 9.69 Å². The molecule has 4 aliphatic rings. The Kier molecular flexibility index (Phi) is 4.07. The molecule has 0 saturated carbocycles. The zero-order valence-corrected chi connectivity index (χ0v) is 16.8. The van der Waals surface area contributed by atoms with E-state index in [0.29, 0.717) is 30.2 Å². The van der Waals surface area contributed by atoms with Gasteiger partial charge in [-0.2, -0.15) is 0 Å². The molecule has 0 radical (unpaired) electrons. The van der Waals surface area contributed by atoms with Gasteiger partial charge in [-0.1, -0.05) is 12.1 Å². The Balaban J connectivity index is 1.70. The molecule has 2 bridgehead atoms. The van der Waals surface area contributed by atoms with Crippen LogP contribution in [-0.2, 0) is 24.5 Å². The molecular formula is C22H24N2O5. The minimum atomic E-state index is -0.450. The van der Waals surface area contributed by atoms with Crippen molar-refractivity contribution >= 4 is 23.3 Å². The fourth-order valence-corrected chi connectivity index (χ4v) is 5.76. The number of hydrogen-bond donors (Lipinski definition) is 0. The molecule has 1 unspecified atom stereocenters. The number of para-hydroxylation sites is 1. The van der Waals surface area contributed by atoms with Crippen molar-refractivity contribution in [3.63, 3.8) is 0 Å². The minimum Gasteiger partial charge on any atom is -0.494 e. The van der Waals surface area contributed by atoms with Crippen LogP contribution >= 0.6 is 0 Å². The second kappa shape index (κ2) is 6.42.